The van der Waals surface area contributed by atoms with Gasteiger partial charge in [0.2, 0.25) is 5.91 Å². The lowest BCUT2D eigenvalue weighted by Crippen LogP contribution is -2.51. The lowest BCUT2D eigenvalue weighted by Gasteiger charge is -2.37. The third-order valence-electron chi connectivity index (χ3n) is 7.34. The van der Waals surface area contributed by atoms with Crippen LogP contribution >= 0.6 is 0 Å². The number of hydrogen-bond donors (Lipinski definition) is 0. The van der Waals surface area contributed by atoms with E-state index in [9.17, 15) is 9.59 Å². The van der Waals surface area contributed by atoms with Gasteiger partial charge in [-0.15, -0.1) is 0 Å². The lowest BCUT2D eigenvalue weighted by atomic mass is 9.97. The largest absolute Gasteiger partial charge is 0.368 e. The molecule has 3 heterocycles. The van der Waals surface area contributed by atoms with E-state index >= 15 is 0 Å². The van der Waals surface area contributed by atoms with E-state index in [-0.39, 0.29) is 24.4 Å². The zero-order valence-corrected chi connectivity index (χ0v) is 19.8. The van der Waals surface area contributed by atoms with Crippen LogP contribution in [0.3, 0.4) is 0 Å². The summed E-state index contributed by atoms with van der Waals surface area (Å²) in [5.41, 5.74) is 5.01. The van der Waals surface area contributed by atoms with E-state index in [1.807, 2.05) is 66.5 Å². The number of para-hydroxylation sites is 2. The van der Waals surface area contributed by atoms with Crippen molar-refractivity contribution in [1.82, 2.24) is 14.4 Å². The fraction of sp³-hybridized carbons (Fsp3) is 0.241. The molecule has 3 aromatic carbocycles. The van der Waals surface area contributed by atoms with Crippen molar-refractivity contribution in [2.75, 3.05) is 37.6 Å². The van der Waals surface area contributed by atoms with Crippen LogP contribution in [0.5, 0.6) is 0 Å². The maximum absolute atomic E-state index is 13.5. The molecule has 0 N–H and O–H groups in total. The van der Waals surface area contributed by atoms with Gasteiger partial charge in [0.05, 0.1) is 6.04 Å². The Hall–Kier alpha value is -4.06. The standard InChI is InChI=1S/C29H28N4O2/c1-30-19-25(22-11-7-8-14-26(22)30)28-23-12-5-6-13-24(23)29(35)33(28)20-27(34)32-17-15-31(16-18-32)21-9-3-2-4-10-21/h2-14,19,28H,15-18,20H2,1H3. The molecule has 1 aromatic heterocycles. The Morgan fingerprint density at radius 2 is 1.51 bits per heavy atom. The Kier molecular flexibility index (Phi) is 5.29. The van der Waals surface area contributed by atoms with Crippen molar-refractivity contribution in [3.63, 3.8) is 0 Å². The highest BCUT2D eigenvalue weighted by Gasteiger charge is 2.40. The van der Waals surface area contributed by atoms with Crippen LogP contribution in [0.2, 0.25) is 0 Å². The molecule has 6 nitrogen and oxygen atoms in total. The van der Waals surface area contributed by atoms with Crippen LogP contribution in [-0.2, 0) is 11.8 Å². The van der Waals surface area contributed by atoms with Crippen molar-refractivity contribution in [1.29, 1.82) is 0 Å². The third kappa shape index (κ3) is 3.66. The van der Waals surface area contributed by atoms with Crippen LogP contribution in [-0.4, -0.2) is 58.9 Å². The van der Waals surface area contributed by atoms with E-state index in [0.717, 1.165) is 35.1 Å². The molecule has 1 atom stereocenters. The number of carbonyl (C=O) groups excluding carboxylic acids is 2. The molecule has 0 radical (unpaired) electrons. The molecule has 35 heavy (non-hydrogen) atoms. The van der Waals surface area contributed by atoms with E-state index in [0.29, 0.717) is 18.7 Å². The number of piperazine rings is 1. The lowest BCUT2D eigenvalue weighted by molar-refractivity contribution is -0.132. The Labute approximate surface area is 205 Å². The van der Waals surface area contributed by atoms with E-state index in [4.69, 9.17) is 0 Å². The van der Waals surface area contributed by atoms with Crippen molar-refractivity contribution < 1.29 is 9.59 Å². The van der Waals surface area contributed by atoms with Crippen molar-refractivity contribution >= 4 is 28.4 Å². The maximum atomic E-state index is 13.5. The Morgan fingerprint density at radius 3 is 2.31 bits per heavy atom. The summed E-state index contributed by atoms with van der Waals surface area (Å²) in [4.78, 5) is 32.9. The molecule has 176 valence electrons. The second kappa shape index (κ2) is 8.62. The van der Waals surface area contributed by atoms with Gasteiger partial charge < -0.3 is 19.3 Å². The van der Waals surface area contributed by atoms with E-state index < -0.39 is 0 Å². The van der Waals surface area contributed by atoms with Gasteiger partial charge in [0.1, 0.15) is 6.54 Å². The fourth-order valence-corrected chi connectivity index (χ4v) is 5.56. The SMILES string of the molecule is Cn1cc(C2c3ccccc3C(=O)N2CC(=O)N2CCN(c3ccccc3)CC2)c2ccccc21. The number of nitrogens with zero attached hydrogens (tertiary/aromatic N) is 4. The van der Waals surface area contributed by atoms with Gasteiger partial charge in [-0.1, -0.05) is 54.6 Å². The molecule has 6 rings (SSSR count). The van der Waals surface area contributed by atoms with Crippen LogP contribution in [0.15, 0.2) is 85.1 Å². The number of fused-ring (bicyclic) bond motifs is 2. The van der Waals surface area contributed by atoms with E-state index in [1.165, 1.54) is 5.69 Å². The third-order valence-corrected chi connectivity index (χ3v) is 7.34. The molecule has 0 aliphatic carbocycles. The quantitative estimate of drug-likeness (QED) is 0.458. The van der Waals surface area contributed by atoms with Gasteiger partial charge in [0, 0.05) is 67.1 Å². The number of anilines is 1. The molecular weight excluding hydrogens is 436 g/mol. The Morgan fingerprint density at radius 1 is 0.829 bits per heavy atom. The second-order valence-electron chi connectivity index (χ2n) is 9.34. The first-order valence-electron chi connectivity index (χ1n) is 12.1. The predicted molar refractivity (Wildman–Crippen MR) is 137 cm³/mol. The minimum atomic E-state index is -0.278. The van der Waals surface area contributed by atoms with Gasteiger partial charge in [-0.05, 0) is 29.8 Å². The zero-order valence-electron chi connectivity index (χ0n) is 19.8. The molecule has 2 amide bonds. The van der Waals surface area contributed by atoms with Crippen molar-refractivity contribution in [3.8, 4) is 0 Å². The van der Waals surface area contributed by atoms with Crippen LogP contribution in [0.4, 0.5) is 5.69 Å². The monoisotopic (exact) mass is 464 g/mol. The number of benzene rings is 3. The second-order valence-corrected chi connectivity index (χ2v) is 9.34. The predicted octanol–water partition coefficient (Wildman–Crippen LogP) is 4.07. The van der Waals surface area contributed by atoms with Crippen LogP contribution in [0, 0.1) is 0 Å². The molecule has 0 spiro atoms. The molecular formula is C29H28N4O2. The highest BCUT2D eigenvalue weighted by atomic mass is 16.2. The molecule has 2 aliphatic heterocycles. The highest BCUT2D eigenvalue weighted by molar-refractivity contribution is 6.02. The summed E-state index contributed by atoms with van der Waals surface area (Å²) in [6, 6.07) is 26.0. The molecule has 6 heteroatoms. The van der Waals surface area contributed by atoms with Crippen molar-refractivity contribution in [3.05, 3.63) is 102 Å². The summed E-state index contributed by atoms with van der Waals surface area (Å²) in [5, 5.41) is 1.11. The molecule has 0 saturated carbocycles. The van der Waals surface area contributed by atoms with E-state index in [2.05, 4.69) is 39.9 Å². The average molecular weight is 465 g/mol. The summed E-state index contributed by atoms with van der Waals surface area (Å²) in [6.45, 7) is 2.96. The topological polar surface area (TPSA) is 48.8 Å². The number of aryl methyl sites for hydroxylation is 1. The molecule has 1 fully saturated rings. The number of amides is 2. The summed E-state index contributed by atoms with van der Waals surface area (Å²) in [5.74, 6) is -0.0705. The molecule has 0 bridgehead atoms. The van der Waals surface area contributed by atoms with Gasteiger partial charge in [0.15, 0.2) is 0 Å². The molecule has 2 aliphatic rings. The molecule has 4 aromatic rings. The van der Waals surface area contributed by atoms with Gasteiger partial charge >= 0.3 is 0 Å². The summed E-state index contributed by atoms with van der Waals surface area (Å²) in [6.07, 6.45) is 2.10. The van der Waals surface area contributed by atoms with E-state index in [1.54, 1.807) is 4.90 Å². The molecule has 1 unspecified atom stereocenters. The van der Waals surface area contributed by atoms with Gasteiger partial charge in [-0.25, -0.2) is 0 Å². The first-order chi connectivity index (χ1) is 17.1. The maximum Gasteiger partial charge on any atom is 0.255 e. The average Bonchev–Trinajstić information content (AvgIpc) is 3.38. The fourth-order valence-electron chi connectivity index (χ4n) is 5.56. The van der Waals surface area contributed by atoms with Crippen molar-refractivity contribution in [2.24, 2.45) is 7.05 Å². The first-order valence-corrected chi connectivity index (χ1v) is 12.1. The van der Waals surface area contributed by atoms with Crippen LogP contribution in [0.25, 0.3) is 10.9 Å². The van der Waals surface area contributed by atoms with Crippen LogP contribution < -0.4 is 4.90 Å². The van der Waals surface area contributed by atoms with Crippen molar-refractivity contribution in [2.45, 2.75) is 6.04 Å². The summed E-state index contributed by atoms with van der Waals surface area (Å²) < 4.78 is 2.10. The van der Waals surface area contributed by atoms with Crippen LogP contribution in [0.1, 0.15) is 27.5 Å². The number of hydrogen-bond acceptors (Lipinski definition) is 3. The highest BCUT2D eigenvalue weighted by Crippen LogP contribution is 2.41. The number of carbonyl (C=O) groups is 2. The van der Waals surface area contributed by atoms with Gasteiger partial charge in [-0.2, -0.15) is 0 Å². The smallest absolute Gasteiger partial charge is 0.255 e. The molecule has 1 saturated heterocycles. The normalized spacial score (nSPS) is 17.8. The minimum absolute atomic E-state index is 0.00380. The number of rotatable bonds is 4. The minimum Gasteiger partial charge on any atom is -0.368 e. The number of aromatic nitrogens is 1. The Bertz CT molecular complexity index is 1400. The zero-order chi connectivity index (χ0) is 23.9. The summed E-state index contributed by atoms with van der Waals surface area (Å²) >= 11 is 0. The summed E-state index contributed by atoms with van der Waals surface area (Å²) in [7, 11) is 2.02. The van der Waals surface area contributed by atoms with Gasteiger partial charge in [-0.3, -0.25) is 9.59 Å². The Balaban J connectivity index is 1.27. The van der Waals surface area contributed by atoms with Gasteiger partial charge in [0.25, 0.3) is 5.91 Å². The first kappa shape index (κ1) is 21.5.